The Kier molecular flexibility index (Phi) is 7.14. The van der Waals surface area contributed by atoms with E-state index in [1.165, 1.54) is 63.8 Å². The Labute approximate surface area is 200 Å². The van der Waals surface area contributed by atoms with Crippen LogP contribution in [0.25, 0.3) is 22.3 Å². The standard InChI is InChI=1S/C33H36/c1-5-6-13-22-33(4,29-20-18-25(2)31(23-29)27-14-9-7-10-15-27)30-21-19-26(3)32(24-30)28-16-11-8-12-17-28/h7-12,14-21,23-24H,5-6,13,22H2,1-4H3. The average Bonchev–Trinajstić information content (AvgIpc) is 2.85. The van der Waals surface area contributed by atoms with Gasteiger partial charge in [-0.25, -0.2) is 0 Å². The number of aryl methyl sites for hydroxylation is 2. The van der Waals surface area contributed by atoms with E-state index in [0.717, 1.165) is 6.42 Å². The molecule has 0 aliphatic heterocycles. The van der Waals surface area contributed by atoms with Gasteiger partial charge in [-0.05, 0) is 76.9 Å². The molecular formula is C33H36. The van der Waals surface area contributed by atoms with Crippen LogP contribution in [-0.2, 0) is 5.41 Å². The molecule has 168 valence electrons. The summed E-state index contributed by atoms with van der Waals surface area (Å²) in [6, 6.07) is 35.8. The van der Waals surface area contributed by atoms with Crippen molar-refractivity contribution in [2.75, 3.05) is 0 Å². The van der Waals surface area contributed by atoms with Gasteiger partial charge in [0.15, 0.2) is 0 Å². The van der Waals surface area contributed by atoms with Gasteiger partial charge in [0, 0.05) is 5.41 Å². The monoisotopic (exact) mass is 432 g/mol. The van der Waals surface area contributed by atoms with Crippen LogP contribution in [0, 0.1) is 13.8 Å². The van der Waals surface area contributed by atoms with E-state index in [0.29, 0.717) is 0 Å². The first-order valence-corrected chi connectivity index (χ1v) is 12.4. The average molecular weight is 433 g/mol. The summed E-state index contributed by atoms with van der Waals surface area (Å²) in [5, 5.41) is 0. The predicted molar refractivity (Wildman–Crippen MR) is 144 cm³/mol. The molecule has 0 aliphatic carbocycles. The summed E-state index contributed by atoms with van der Waals surface area (Å²) in [7, 11) is 0. The van der Waals surface area contributed by atoms with Crippen LogP contribution in [0.2, 0.25) is 0 Å². The van der Waals surface area contributed by atoms with Crippen molar-refractivity contribution in [3.63, 3.8) is 0 Å². The number of hydrogen-bond donors (Lipinski definition) is 0. The summed E-state index contributed by atoms with van der Waals surface area (Å²) < 4.78 is 0. The molecule has 4 aromatic carbocycles. The lowest BCUT2D eigenvalue weighted by Gasteiger charge is -2.33. The molecule has 0 nitrogen and oxygen atoms in total. The molecule has 0 saturated carbocycles. The molecule has 0 radical (unpaired) electrons. The zero-order valence-corrected chi connectivity index (χ0v) is 20.6. The van der Waals surface area contributed by atoms with Crippen molar-refractivity contribution in [3.8, 4) is 22.3 Å². The molecule has 0 heteroatoms. The minimum absolute atomic E-state index is 0.0381. The molecule has 4 rings (SSSR count). The zero-order chi connectivity index (χ0) is 23.3. The van der Waals surface area contributed by atoms with Gasteiger partial charge in [-0.3, -0.25) is 0 Å². The van der Waals surface area contributed by atoms with E-state index in [9.17, 15) is 0 Å². The Balaban J connectivity index is 1.84. The van der Waals surface area contributed by atoms with Gasteiger partial charge in [-0.15, -0.1) is 0 Å². The van der Waals surface area contributed by atoms with Gasteiger partial charge >= 0.3 is 0 Å². The Hall–Kier alpha value is -3.12. The van der Waals surface area contributed by atoms with Crippen molar-refractivity contribution >= 4 is 0 Å². The molecule has 0 bridgehead atoms. The minimum atomic E-state index is -0.0381. The lowest BCUT2D eigenvalue weighted by molar-refractivity contribution is 0.483. The molecule has 0 aromatic heterocycles. The van der Waals surface area contributed by atoms with Crippen LogP contribution in [0.3, 0.4) is 0 Å². The molecule has 4 aromatic rings. The molecule has 0 saturated heterocycles. The Morgan fingerprint density at radius 1 is 0.576 bits per heavy atom. The minimum Gasteiger partial charge on any atom is -0.0654 e. The second-order valence-electron chi connectivity index (χ2n) is 9.58. The van der Waals surface area contributed by atoms with E-state index in [1.54, 1.807) is 0 Å². The smallest absolute Gasteiger partial charge is 0.0175 e. The summed E-state index contributed by atoms with van der Waals surface area (Å²) in [4.78, 5) is 0. The van der Waals surface area contributed by atoms with Crippen molar-refractivity contribution in [1.29, 1.82) is 0 Å². The van der Waals surface area contributed by atoms with Gasteiger partial charge in [0.1, 0.15) is 0 Å². The topological polar surface area (TPSA) is 0 Å². The summed E-state index contributed by atoms with van der Waals surface area (Å²) in [6.45, 7) is 9.18. The quantitative estimate of drug-likeness (QED) is 0.243. The van der Waals surface area contributed by atoms with E-state index in [-0.39, 0.29) is 5.41 Å². The first-order chi connectivity index (χ1) is 16.0. The predicted octanol–water partition coefficient (Wildman–Crippen LogP) is 9.52. The third-order valence-electron chi connectivity index (χ3n) is 7.20. The fourth-order valence-electron chi connectivity index (χ4n) is 4.97. The number of rotatable bonds is 8. The van der Waals surface area contributed by atoms with Crippen molar-refractivity contribution in [2.24, 2.45) is 0 Å². The maximum atomic E-state index is 2.45. The molecular weight excluding hydrogens is 396 g/mol. The highest BCUT2D eigenvalue weighted by Gasteiger charge is 2.29. The first-order valence-electron chi connectivity index (χ1n) is 12.4. The summed E-state index contributed by atoms with van der Waals surface area (Å²) >= 11 is 0. The van der Waals surface area contributed by atoms with Crippen LogP contribution in [-0.4, -0.2) is 0 Å². The van der Waals surface area contributed by atoms with Crippen molar-refractivity contribution in [3.05, 3.63) is 119 Å². The number of hydrogen-bond acceptors (Lipinski definition) is 0. The maximum Gasteiger partial charge on any atom is 0.0175 e. The van der Waals surface area contributed by atoms with Crippen molar-refractivity contribution in [2.45, 2.75) is 58.8 Å². The molecule has 0 heterocycles. The lowest BCUT2D eigenvalue weighted by atomic mass is 9.71. The molecule has 0 unspecified atom stereocenters. The first kappa shape index (κ1) is 23.1. The zero-order valence-electron chi connectivity index (χ0n) is 20.6. The van der Waals surface area contributed by atoms with Crippen LogP contribution in [0.1, 0.15) is 61.8 Å². The third-order valence-corrected chi connectivity index (χ3v) is 7.20. The van der Waals surface area contributed by atoms with Crippen LogP contribution in [0.5, 0.6) is 0 Å². The van der Waals surface area contributed by atoms with Crippen LogP contribution in [0.4, 0.5) is 0 Å². The summed E-state index contributed by atoms with van der Waals surface area (Å²) in [6.07, 6.45) is 4.89. The largest absolute Gasteiger partial charge is 0.0654 e. The van der Waals surface area contributed by atoms with Gasteiger partial charge in [-0.2, -0.15) is 0 Å². The number of benzene rings is 4. The number of unbranched alkanes of at least 4 members (excludes halogenated alkanes) is 2. The van der Waals surface area contributed by atoms with Crippen LogP contribution >= 0.6 is 0 Å². The van der Waals surface area contributed by atoms with Crippen LogP contribution < -0.4 is 0 Å². The van der Waals surface area contributed by atoms with Crippen molar-refractivity contribution in [1.82, 2.24) is 0 Å². The lowest BCUT2D eigenvalue weighted by Crippen LogP contribution is -2.24. The van der Waals surface area contributed by atoms with E-state index < -0.39 is 0 Å². The summed E-state index contributed by atoms with van der Waals surface area (Å²) in [5.41, 5.74) is 10.7. The van der Waals surface area contributed by atoms with Crippen molar-refractivity contribution < 1.29 is 0 Å². The molecule has 0 amide bonds. The SMILES string of the molecule is CCCCCC(C)(c1ccc(C)c(-c2ccccc2)c1)c1ccc(C)c(-c2ccccc2)c1. The fourth-order valence-corrected chi connectivity index (χ4v) is 4.97. The molecule has 0 spiro atoms. The van der Waals surface area contributed by atoms with Gasteiger partial charge in [0.2, 0.25) is 0 Å². The molecule has 33 heavy (non-hydrogen) atoms. The van der Waals surface area contributed by atoms with Crippen LogP contribution in [0.15, 0.2) is 97.1 Å². The van der Waals surface area contributed by atoms with E-state index in [1.807, 2.05) is 0 Å². The highest BCUT2D eigenvalue weighted by atomic mass is 14.3. The van der Waals surface area contributed by atoms with Gasteiger partial charge in [-0.1, -0.05) is 118 Å². The fraction of sp³-hybridized carbons (Fsp3) is 0.273. The van der Waals surface area contributed by atoms with E-state index >= 15 is 0 Å². The van der Waals surface area contributed by atoms with E-state index in [4.69, 9.17) is 0 Å². The molecule has 0 N–H and O–H groups in total. The van der Waals surface area contributed by atoms with Gasteiger partial charge in [0.05, 0.1) is 0 Å². The Morgan fingerprint density at radius 3 is 1.45 bits per heavy atom. The summed E-state index contributed by atoms with van der Waals surface area (Å²) in [5.74, 6) is 0. The molecule has 0 fully saturated rings. The van der Waals surface area contributed by atoms with Gasteiger partial charge < -0.3 is 0 Å². The second-order valence-corrected chi connectivity index (χ2v) is 9.58. The highest BCUT2D eigenvalue weighted by molar-refractivity contribution is 5.70. The van der Waals surface area contributed by atoms with E-state index in [2.05, 4.69) is 125 Å². The maximum absolute atomic E-state index is 2.45. The highest BCUT2D eigenvalue weighted by Crippen LogP contribution is 2.41. The molecule has 0 atom stereocenters. The van der Waals surface area contributed by atoms with Gasteiger partial charge in [0.25, 0.3) is 0 Å². The Morgan fingerprint density at radius 2 is 1.03 bits per heavy atom. The molecule has 0 aliphatic rings. The Bertz CT molecular complexity index is 1100. The second kappa shape index (κ2) is 10.2. The third kappa shape index (κ3) is 4.96. The normalized spacial score (nSPS) is 11.5.